The molecule has 1 aromatic rings. The highest BCUT2D eigenvalue weighted by molar-refractivity contribution is 8.00. The van der Waals surface area contributed by atoms with Crippen LogP contribution in [-0.4, -0.2) is 40.2 Å². The normalized spacial score (nSPS) is 26.4. The quantitative estimate of drug-likeness (QED) is 0.842. The van der Waals surface area contributed by atoms with Crippen LogP contribution in [0, 0.1) is 0 Å². The fraction of sp³-hybridized carbons (Fsp3) is 0.714. The summed E-state index contributed by atoms with van der Waals surface area (Å²) in [5.74, 6) is -0.129. The van der Waals surface area contributed by atoms with Gasteiger partial charge >= 0.3 is 5.97 Å². The van der Waals surface area contributed by atoms with Crippen LogP contribution in [0.4, 0.5) is 0 Å². The number of ether oxygens (including phenoxy) is 1. The number of hydrogen-bond donors (Lipinski definition) is 1. The molecule has 0 bridgehead atoms. The highest BCUT2D eigenvalue weighted by Gasteiger charge is 2.43. The van der Waals surface area contributed by atoms with Crippen molar-refractivity contribution in [1.82, 2.24) is 15.1 Å². The van der Waals surface area contributed by atoms with E-state index in [1.165, 1.54) is 7.11 Å². The molecule has 5 nitrogen and oxygen atoms in total. The van der Waals surface area contributed by atoms with Crippen LogP contribution in [0.1, 0.15) is 32.6 Å². The minimum Gasteiger partial charge on any atom is -0.468 e. The number of esters is 1. The number of aryl methyl sites for hydroxylation is 1. The van der Waals surface area contributed by atoms with E-state index in [9.17, 15) is 4.79 Å². The van der Waals surface area contributed by atoms with E-state index < -0.39 is 5.54 Å². The molecule has 1 N–H and O–H groups in total. The van der Waals surface area contributed by atoms with E-state index in [1.54, 1.807) is 0 Å². The molecule has 112 valence electrons. The van der Waals surface area contributed by atoms with Crippen LogP contribution >= 0.6 is 11.8 Å². The van der Waals surface area contributed by atoms with Crippen molar-refractivity contribution in [2.75, 3.05) is 13.7 Å². The average molecular weight is 297 g/mol. The van der Waals surface area contributed by atoms with E-state index >= 15 is 0 Å². The van der Waals surface area contributed by atoms with Gasteiger partial charge < -0.3 is 10.1 Å². The molecule has 1 aromatic heterocycles. The van der Waals surface area contributed by atoms with Gasteiger partial charge in [-0.3, -0.25) is 9.48 Å². The van der Waals surface area contributed by atoms with E-state index in [4.69, 9.17) is 4.74 Å². The van der Waals surface area contributed by atoms with Crippen LogP contribution in [-0.2, 0) is 16.6 Å². The van der Waals surface area contributed by atoms with Gasteiger partial charge in [0.1, 0.15) is 5.54 Å². The highest BCUT2D eigenvalue weighted by atomic mass is 32.2. The Morgan fingerprint density at radius 3 is 3.10 bits per heavy atom. The molecule has 0 saturated heterocycles. The molecule has 1 aliphatic carbocycles. The van der Waals surface area contributed by atoms with Crippen LogP contribution < -0.4 is 5.32 Å². The summed E-state index contributed by atoms with van der Waals surface area (Å²) >= 11 is 1.81. The molecule has 0 radical (unpaired) electrons. The Bertz CT molecular complexity index is 459. The number of carbonyl (C=O) groups is 1. The van der Waals surface area contributed by atoms with Crippen molar-refractivity contribution in [3.63, 3.8) is 0 Å². The van der Waals surface area contributed by atoms with Crippen LogP contribution in [0.2, 0.25) is 0 Å². The summed E-state index contributed by atoms with van der Waals surface area (Å²) in [6.45, 7) is 2.81. The lowest BCUT2D eigenvalue weighted by atomic mass is 9.81. The molecule has 0 amide bonds. The number of nitrogens with one attached hydrogen (secondary N) is 1. The zero-order valence-electron chi connectivity index (χ0n) is 12.4. The lowest BCUT2D eigenvalue weighted by Crippen LogP contribution is -2.55. The van der Waals surface area contributed by atoms with Gasteiger partial charge in [-0.15, -0.1) is 11.8 Å². The summed E-state index contributed by atoms with van der Waals surface area (Å²) in [5, 5.41) is 7.98. The fourth-order valence-corrected chi connectivity index (χ4v) is 4.29. The standard InChI is InChI=1S/C14H23N3O2S/c1-4-15-14(13(18)19-3)7-5-6-11(8-14)20-12-9-16-17(2)10-12/h9-11,15H,4-8H2,1-3H3. The first-order valence-electron chi connectivity index (χ1n) is 7.08. The Hall–Kier alpha value is -1.01. The topological polar surface area (TPSA) is 56.1 Å². The maximum absolute atomic E-state index is 12.2. The Kier molecular flexibility index (Phi) is 5.10. The number of nitrogens with zero attached hydrogens (tertiary/aromatic N) is 2. The highest BCUT2D eigenvalue weighted by Crippen LogP contribution is 2.38. The third kappa shape index (κ3) is 3.35. The maximum atomic E-state index is 12.2. The molecule has 0 aliphatic heterocycles. The molecule has 2 atom stereocenters. The lowest BCUT2D eigenvalue weighted by molar-refractivity contribution is -0.150. The van der Waals surface area contributed by atoms with Gasteiger partial charge in [-0.1, -0.05) is 6.92 Å². The number of likely N-dealkylation sites (N-methyl/N-ethyl adjacent to an activating group) is 1. The van der Waals surface area contributed by atoms with Gasteiger partial charge in [0.25, 0.3) is 0 Å². The van der Waals surface area contributed by atoms with Crippen LogP contribution in [0.5, 0.6) is 0 Å². The van der Waals surface area contributed by atoms with E-state index in [-0.39, 0.29) is 5.97 Å². The first-order valence-corrected chi connectivity index (χ1v) is 7.96. The van der Waals surface area contributed by atoms with Crippen molar-refractivity contribution >= 4 is 17.7 Å². The zero-order valence-corrected chi connectivity index (χ0v) is 13.2. The predicted molar refractivity (Wildman–Crippen MR) is 79.7 cm³/mol. The predicted octanol–water partition coefficient (Wildman–Crippen LogP) is 1.98. The number of methoxy groups -OCH3 is 1. The first-order chi connectivity index (χ1) is 9.59. The van der Waals surface area contributed by atoms with Crippen molar-refractivity contribution < 1.29 is 9.53 Å². The number of rotatable bonds is 5. The number of aromatic nitrogens is 2. The van der Waals surface area contributed by atoms with Gasteiger partial charge in [0, 0.05) is 23.4 Å². The second kappa shape index (κ2) is 6.63. The van der Waals surface area contributed by atoms with Gasteiger partial charge in [-0.25, -0.2) is 0 Å². The SMILES string of the molecule is CCNC1(C(=O)OC)CCCC(Sc2cnn(C)c2)C1. The van der Waals surface area contributed by atoms with Gasteiger partial charge in [-0.2, -0.15) is 5.10 Å². The zero-order chi connectivity index (χ0) is 14.6. The Labute approximate surface area is 124 Å². The fourth-order valence-electron chi connectivity index (χ4n) is 2.93. The summed E-state index contributed by atoms with van der Waals surface area (Å²) < 4.78 is 6.83. The molecule has 0 aromatic carbocycles. The van der Waals surface area contributed by atoms with Crippen molar-refractivity contribution in [3.05, 3.63) is 12.4 Å². The van der Waals surface area contributed by atoms with Crippen molar-refractivity contribution in [2.24, 2.45) is 7.05 Å². The molecule has 2 unspecified atom stereocenters. The monoisotopic (exact) mass is 297 g/mol. The van der Waals surface area contributed by atoms with Crippen LogP contribution in [0.25, 0.3) is 0 Å². The summed E-state index contributed by atoms with van der Waals surface area (Å²) in [6.07, 6.45) is 7.74. The lowest BCUT2D eigenvalue weighted by Gasteiger charge is -2.38. The Balaban J connectivity index is 2.07. The van der Waals surface area contributed by atoms with Gasteiger partial charge in [0.2, 0.25) is 0 Å². The molecule has 2 rings (SSSR count). The minimum atomic E-state index is -0.512. The van der Waals surface area contributed by atoms with Crippen LogP contribution in [0.3, 0.4) is 0 Å². The smallest absolute Gasteiger partial charge is 0.326 e. The maximum Gasteiger partial charge on any atom is 0.326 e. The molecular weight excluding hydrogens is 274 g/mol. The molecule has 20 heavy (non-hydrogen) atoms. The second-order valence-corrected chi connectivity index (χ2v) is 6.66. The summed E-state index contributed by atoms with van der Waals surface area (Å²) in [7, 11) is 3.39. The summed E-state index contributed by atoms with van der Waals surface area (Å²) in [4.78, 5) is 13.3. The molecule has 1 fully saturated rings. The van der Waals surface area contributed by atoms with E-state index in [0.29, 0.717) is 5.25 Å². The molecule has 1 aliphatic rings. The van der Waals surface area contributed by atoms with Crippen molar-refractivity contribution in [3.8, 4) is 0 Å². The number of carbonyl (C=O) groups excluding carboxylic acids is 1. The van der Waals surface area contributed by atoms with E-state index in [2.05, 4.69) is 10.4 Å². The molecular formula is C14H23N3O2S. The van der Waals surface area contributed by atoms with E-state index in [1.807, 2.05) is 42.8 Å². The Morgan fingerprint density at radius 2 is 2.50 bits per heavy atom. The number of hydrogen-bond acceptors (Lipinski definition) is 5. The van der Waals surface area contributed by atoms with Crippen molar-refractivity contribution in [2.45, 2.75) is 48.3 Å². The molecule has 0 spiro atoms. The second-order valence-electron chi connectivity index (χ2n) is 5.29. The third-order valence-electron chi connectivity index (χ3n) is 3.78. The van der Waals surface area contributed by atoms with E-state index in [0.717, 1.165) is 37.1 Å². The average Bonchev–Trinajstić information content (AvgIpc) is 2.84. The number of thioether (sulfide) groups is 1. The summed E-state index contributed by atoms with van der Waals surface area (Å²) in [5.41, 5.74) is -0.512. The molecule has 6 heteroatoms. The van der Waals surface area contributed by atoms with Gasteiger partial charge in [-0.05, 0) is 32.2 Å². The van der Waals surface area contributed by atoms with Gasteiger partial charge in [0.15, 0.2) is 0 Å². The third-order valence-corrected chi connectivity index (χ3v) is 5.00. The van der Waals surface area contributed by atoms with Crippen LogP contribution in [0.15, 0.2) is 17.3 Å². The minimum absolute atomic E-state index is 0.129. The van der Waals surface area contributed by atoms with Crippen molar-refractivity contribution in [1.29, 1.82) is 0 Å². The molecule has 1 saturated carbocycles. The Morgan fingerprint density at radius 1 is 1.70 bits per heavy atom. The summed E-state index contributed by atoms with van der Waals surface area (Å²) in [6, 6.07) is 0. The molecule has 1 heterocycles. The first kappa shape index (κ1) is 15.4. The largest absolute Gasteiger partial charge is 0.468 e. The van der Waals surface area contributed by atoms with Gasteiger partial charge in [0.05, 0.1) is 13.3 Å².